The lowest BCUT2D eigenvalue weighted by Crippen LogP contribution is -2.68. The van der Waals surface area contributed by atoms with Gasteiger partial charge in [-0.2, -0.15) is 9.15 Å². The summed E-state index contributed by atoms with van der Waals surface area (Å²) in [4.78, 5) is 4.76. The zero-order valence-corrected chi connectivity index (χ0v) is 70.5. The van der Waals surface area contributed by atoms with Crippen LogP contribution in [0.1, 0.15) is 308 Å². The van der Waals surface area contributed by atoms with Crippen molar-refractivity contribution in [1.82, 2.24) is 0 Å². The smallest absolute Gasteiger partial charge is 0.209 e. The maximum Gasteiger partial charge on any atom is 0.209 e. The lowest BCUT2D eigenvalue weighted by molar-refractivity contribution is -2.00. The first-order valence-electron chi connectivity index (χ1n) is 42.1. The molecule has 8 nitrogen and oxygen atoms in total. The molecule has 0 atom stereocenters. The number of para-hydroxylation sites is 4. The van der Waals surface area contributed by atoms with Crippen molar-refractivity contribution in [1.29, 1.82) is 0 Å². The Balaban J connectivity index is -0.000000379. The van der Waals surface area contributed by atoms with Gasteiger partial charge in [0.25, 0.3) is 0 Å². The third-order valence-corrected chi connectivity index (χ3v) is 22.0. The first-order chi connectivity index (χ1) is 53.7. The third-order valence-electron chi connectivity index (χ3n) is 22.0. The van der Waals surface area contributed by atoms with E-state index in [9.17, 15) is 0 Å². The van der Waals surface area contributed by atoms with Crippen LogP contribution in [0.25, 0.3) is 0 Å². The van der Waals surface area contributed by atoms with Gasteiger partial charge in [-0.15, -0.1) is 10.2 Å². The van der Waals surface area contributed by atoms with E-state index in [-0.39, 0.29) is 38.8 Å². The molecule has 0 aromatic heterocycles. The first kappa shape index (κ1) is 91.3. The van der Waals surface area contributed by atoms with E-state index in [1.54, 1.807) is 0 Å². The molecule has 0 N–H and O–H groups in total. The minimum Gasteiger partial charge on any atom is -0.344 e. The molecule has 0 aliphatic carbocycles. The van der Waals surface area contributed by atoms with Crippen LogP contribution in [-0.2, 0) is 21.7 Å². The van der Waals surface area contributed by atoms with Crippen molar-refractivity contribution in [2.45, 2.75) is 290 Å². The standard InChI is InChI=1S/C51H77N2.C51H55N2.ClHO4.12H2/c2*1-7-9-11-13-15-17-19-21-26-34-42-52-46-38-32-30-36-44(46)50(3,4)48(52)40-28-24-23-25-29-41-49-51(5,6)45-37-31-33-39-47(45)53(49)43-35-27-22-20-18-16-14-12-10-8-2;2-1(3,4)5;;;;;;;;;;;;/h23-25,28-33,36-41H,7-22,26-27,34-35,42-43H2,1-6H3;23-25,28-33,36-42H,1,8,10,12,14,16,18,20,22,27,35,43H2,2-6H3;(H,2,3,4,5);12*1H/q2*+1;;;;;;;;;;;;;/p-1. The van der Waals surface area contributed by atoms with Gasteiger partial charge in [0, 0.05) is 99.8 Å². The van der Waals surface area contributed by atoms with Gasteiger partial charge in [-0.1, -0.05) is 348 Å². The summed E-state index contributed by atoms with van der Waals surface area (Å²) in [5.41, 5.74) is 42.9. The van der Waals surface area contributed by atoms with Gasteiger partial charge in [-0.25, -0.2) is 18.6 Å². The van der Waals surface area contributed by atoms with E-state index in [1.165, 1.54) is 249 Å². The van der Waals surface area contributed by atoms with Crippen LogP contribution in [0, 0.1) is 10.2 Å². The van der Waals surface area contributed by atoms with E-state index in [1.807, 2.05) is 6.20 Å². The van der Waals surface area contributed by atoms with Gasteiger partial charge >= 0.3 is 0 Å². The molecule has 9 heteroatoms. The van der Waals surface area contributed by atoms with E-state index < -0.39 is 10.2 Å². The van der Waals surface area contributed by atoms with Crippen molar-refractivity contribution in [3.8, 4) is 0 Å². The molecule has 614 valence electrons. The molecule has 0 spiro atoms. The topological polar surface area (TPSA) is 105 Å². The highest BCUT2D eigenvalue weighted by atomic mass is 35.7. The zero-order chi connectivity index (χ0) is 80.1. The lowest BCUT2D eigenvalue weighted by atomic mass is 9.81. The molecule has 0 fully saturated rings. The highest BCUT2D eigenvalue weighted by Crippen LogP contribution is 2.49. The summed E-state index contributed by atoms with van der Waals surface area (Å²) in [5, 5.41) is 0. The Bertz CT molecular complexity index is 4380. The summed E-state index contributed by atoms with van der Waals surface area (Å²) in [6, 6.07) is 35.5. The fourth-order valence-corrected chi connectivity index (χ4v) is 16.0. The molecule has 4 aromatic rings. The molecule has 4 heterocycles. The average Bonchev–Trinajstić information content (AvgIpc) is 1.62. The van der Waals surface area contributed by atoms with Gasteiger partial charge in [0.15, 0.2) is 11.4 Å². The van der Waals surface area contributed by atoms with Gasteiger partial charge < -0.3 is 9.80 Å². The van der Waals surface area contributed by atoms with Crippen molar-refractivity contribution in [3.05, 3.63) is 286 Å². The largest absolute Gasteiger partial charge is 0.344 e. The maximum absolute atomic E-state index is 8.49. The van der Waals surface area contributed by atoms with Gasteiger partial charge in [-0.05, 0) is 141 Å². The second-order valence-corrected chi connectivity index (χ2v) is 32.7. The van der Waals surface area contributed by atoms with Gasteiger partial charge in [0.2, 0.25) is 11.4 Å². The zero-order valence-electron chi connectivity index (χ0n) is 69.7. The van der Waals surface area contributed by atoms with Gasteiger partial charge in [0.1, 0.15) is 13.1 Å². The highest BCUT2D eigenvalue weighted by molar-refractivity contribution is 6.04. The number of hydrogen-bond acceptors (Lipinski definition) is 6. The predicted molar refractivity (Wildman–Crippen MR) is 485 cm³/mol. The molecule has 0 saturated heterocycles. The van der Waals surface area contributed by atoms with Crippen LogP contribution >= 0.6 is 0 Å². The van der Waals surface area contributed by atoms with E-state index >= 15 is 0 Å². The second kappa shape index (κ2) is 49.7. The Kier molecular flexibility index (Phi) is 40.9. The molecule has 0 bridgehead atoms. The number of unbranched alkanes of at least 4 members (excludes halogenated alkanes) is 27. The van der Waals surface area contributed by atoms with Gasteiger partial charge in [-0.3, -0.25) is 0 Å². The number of allylic oxidation sites excluding steroid dienone is 16. The minimum atomic E-state index is -4.94. The molecular formula is C102H156ClN4O4+. The summed E-state index contributed by atoms with van der Waals surface area (Å²) in [7, 11) is -4.94. The molecule has 0 radical (unpaired) electrons. The molecule has 4 aliphatic rings. The van der Waals surface area contributed by atoms with Gasteiger partial charge in [0.05, 0.1) is 22.7 Å². The monoisotopic (exact) mass is 1540 g/mol. The van der Waals surface area contributed by atoms with E-state index in [0.29, 0.717) is 0 Å². The number of rotatable bonds is 42. The van der Waals surface area contributed by atoms with E-state index in [2.05, 4.69) is 341 Å². The number of nitrogens with zero attached hydrogens (tertiary/aromatic N) is 4. The Morgan fingerprint density at radius 2 is 0.676 bits per heavy atom. The van der Waals surface area contributed by atoms with Crippen LogP contribution in [0.5, 0.6) is 0 Å². The van der Waals surface area contributed by atoms with Crippen molar-refractivity contribution < 1.29 is 55.1 Å². The molecule has 0 amide bonds. The summed E-state index contributed by atoms with van der Waals surface area (Å²) in [6.07, 6.45) is 73.8. The Morgan fingerprint density at radius 3 is 1.10 bits per heavy atom. The summed E-state index contributed by atoms with van der Waals surface area (Å²) in [6.45, 7) is 32.3. The molecule has 4 aliphatic heterocycles. The molecular weight excluding hydrogens is 1380 g/mol. The quantitative estimate of drug-likeness (QED) is 0.0189. The summed E-state index contributed by atoms with van der Waals surface area (Å²) < 4.78 is 39.1. The van der Waals surface area contributed by atoms with Crippen molar-refractivity contribution >= 4 is 34.2 Å². The van der Waals surface area contributed by atoms with Crippen molar-refractivity contribution in [3.63, 3.8) is 0 Å². The summed E-state index contributed by atoms with van der Waals surface area (Å²) >= 11 is 0. The van der Waals surface area contributed by atoms with E-state index in [4.69, 9.17) is 18.6 Å². The predicted octanol–water partition coefficient (Wildman–Crippen LogP) is 26.5. The first-order valence-corrected chi connectivity index (χ1v) is 43.3. The van der Waals surface area contributed by atoms with Crippen LogP contribution in [0.3, 0.4) is 0 Å². The Morgan fingerprint density at radius 1 is 0.360 bits per heavy atom. The van der Waals surface area contributed by atoms with Crippen molar-refractivity contribution in [2.24, 2.45) is 0 Å². The second-order valence-electron chi connectivity index (χ2n) is 31.9. The van der Waals surface area contributed by atoms with Crippen LogP contribution in [0.2, 0.25) is 0 Å². The average molecular weight is 1540 g/mol. The summed E-state index contributed by atoms with van der Waals surface area (Å²) in [5.74, 6) is 0. The molecule has 111 heavy (non-hydrogen) atoms. The number of halogens is 1. The minimum absolute atomic E-state index is 0. The lowest BCUT2D eigenvalue weighted by Gasteiger charge is -2.27. The molecule has 0 saturated carbocycles. The highest BCUT2D eigenvalue weighted by Gasteiger charge is 2.46. The molecule has 4 aromatic carbocycles. The number of fused-ring (bicyclic) bond motifs is 4. The normalized spacial score (nSPS) is 16.0. The number of benzene rings is 4. The van der Waals surface area contributed by atoms with E-state index in [0.717, 1.165) is 31.0 Å². The molecule has 0 unspecified atom stereocenters. The fourth-order valence-electron chi connectivity index (χ4n) is 16.0. The van der Waals surface area contributed by atoms with Crippen LogP contribution in [0.4, 0.5) is 22.7 Å². The number of hydrogen-bond donors (Lipinski definition) is 0. The Labute approximate surface area is 691 Å². The third kappa shape index (κ3) is 29.8. The van der Waals surface area contributed by atoms with Crippen LogP contribution in [0.15, 0.2) is 264 Å². The SMILES string of the molecule is C=C=C=C=C=C=C=C=C=C=C=CN1/C(=C/C=C/C=C/C=C/C2=[N+](CCCCCCCCCCCC)c3ccccc3C2(C)C)C(C)(C)c2ccccc21.CCCCCCCCCCCCN1C(=CC=CC=CC=CC2=[N+](CCCCCCCCCCCC)c3ccccc3C2(C)C)C(C)(C)c2ccccc21.[HH].[HH].[HH].[HH].[HH].[HH].[HH].[HH].[HH].[HH].[HH].[HH].[O-][Cl+3]([O-])([O-])[O-]. The van der Waals surface area contributed by atoms with Crippen LogP contribution < -0.4 is 28.4 Å². The van der Waals surface area contributed by atoms with Crippen LogP contribution in [-0.4, -0.2) is 40.2 Å². The maximum atomic E-state index is 8.49. The number of anilines is 2. The Hall–Kier alpha value is -8.59. The van der Waals surface area contributed by atoms with Crippen molar-refractivity contribution in [2.75, 3.05) is 29.4 Å². The fraction of sp³-hybridized carbons (Fsp3) is 0.471. The molecule has 8 rings (SSSR count).